The van der Waals surface area contributed by atoms with Crippen LogP contribution in [0.5, 0.6) is 5.75 Å². The number of nitrogens with one attached hydrogen (secondary N) is 1. The van der Waals surface area contributed by atoms with E-state index in [-0.39, 0.29) is 5.75 Å². The fraction of sp³-hybridized carbons (Fsp3) is 0.167. The van der Waals surface area contributed by atoms with Gasteiger partial charge in [-0.1, -0.05) is 0 Å². The van der Waals surface area contributed by atoms with Crippen molar-refractivity contribution in [3.63, 3.8) is 0 Å². The first-order chi connectivity index (χ1) is 9.54. The summed E-state index contributed by atoms with van der Waals surface area (Å²) in [4.78, 5) is 22.5. The molecular formula is C12H9F2N3O3. The van der Waals surface area contributed by atoms with Crippen molar-refractivity contribution < 1.29 is 23.1 Å². The minimum absolute atomic E-state index is 0.0131. The molecule has 2 amide bonds. The normalized spacial score (nSPS) is 17.4. The molecule has 1 atom stereocenters. The van der Waals surface area contributed by atoms with E-state index in [1.165, 1.54) is 30.3 Å². The number of nitrogens with zero attached hydrogens (tertiary/aromatic N) is 2. The van der Waals surface area contributed by atoms with Gasteiger partial charge in [0.15, 0.2) is 6.04 Å². The van der Waals surface area contributed by atoms with Crippen LogP contribution in [0.1, 0.15) is 0 Å². The molecule has 0 fully saturated rings. The average Bonchev–Trinajstić information content (AvgIpc) is 2.41. The predicted octanol–water partition coefficient (Wildman–Crippen LogP) is 2.14. The van der Waals surface area contributed by atoms with Crippen molar-refractivity contribution in [1.29, 1.82) is 0 Å². The van der Waals surface area contributed by atoms with Gasteiger partial charge in [0.25, 0.3) is 11.8 Å². The molecule has 104 valence electrons. The molecule has 0 saturated carbocycles. The van der Waals surface area contributed by atoms with Gasteiger partial charge in [-0.25, -0.2) is 0 Å². The van der Waals surface area contributed by atoms with E-state index in [2.05, 4.69) is 20.3 Å². The molecule has 1 heterocycles. The molecule has 1 unspecified atom stereocenters. The lowest BCUT2D eigenvalue weighted by Gasteiger charge is -2.10. The summed E-state index contributed by atoms with van der Waals surface area (Å²) in [6.45, 7) is -2.90. The van der Waals surface area contributed by atoms with Crippen LogP contribution in [0.25, 0.3) is 0 Å². The molecule has 1 aromatic rings. The van der Waals surface area contributed by atoms with Crippen molar-refractivity contribution in [2.45, 2.75) is 12.7 Å². The summed E-state index contributed by atoms with van der Waals surface area (Å²) >= 11 is 0. The predicted molar refractivity (Wildman–Crippen MR) is 64.5 cm³/mol. The third-order valence-corrected chi connectivity index (χ3v) is 2.32. The smallest absolute Gasteiger partial charge is 0.387 e. The molecule has 0 bridgehead atoms. The van der Waals surface area contributed by atoms with Crippen LogP contribution in [0.3, 0.4) is 0 Å². The molecule has 0 aliphatic carbocycles. The Morgan fingerprint density at radius 1 is 1.30 bits per heavy atom. The summed E-state index contributed by atoms with van der Waals surface area (Å²) < 4.78 is 28.1. The van der Waals surface area contributed by atoms with Crippen molar-refractivity contribution in [3.8, 4) is 5.75 Å². The molecule has 0 aromatic heterocycles. The van der Waals surface area contributed by atoms with Crippen molar-refractivity contribution in [1.82, 2.24) is 0 Å². The zero-order valence-electron chi connectivity index (χ0n) is 9.99. The molecule has 8 heteroatoms. The van der Waals surface area contributed by atoms with Crippen LogP contribution in [-0.4, -0.2) is 24.5 Å². The number of azo groups is 1. The van der Waals surface area contributed by atoms with Gasteiger partial charge in [0, 0.05) is 11.8 Å². The standard InChI is InChI=1S/C12H9F2N3O3/c13-12(14)20-8-3-1-7(2-4-8)15-11(19)9-5-6-10(18)17-16-9/h1-6,9,12H,(H,15,19). The molecule has 0 radical (unpaired) electrons. The number of amides is 2. The first-order valence-electron chi connectivity index (χ1n) is 5.53. The summed E-state index contributed by atoms with van der Waals surface area (Å²) in [5, 5.41) is 9.28. The molecule has 20 heavy (non-hydrogen) atoms. The zero-order chi connectivity index (χ0) is 14.5. The van der Waals surface area contributed by atoms with Crippen LogP contribution in [-0.2, 0) is 9.59 Å². The fourth-order valence-corrected chi connectivity index (χ4v) is 1.44. The SMILES string of the molecule is O=C1C=CC(C(=O)Nc2ccc(OC(F)F)cc2)N=N1. The Hall–Kier alpha value is -2.64. The lowest BCUT2D eigenvalue weighted by molar-refractivity contribution is -0.117. The van der Waals surface area contributed by atoms with Crippen LogP contribution in [0.2, 0.25) is 0 Å². The van der Waals surface area contributed by atoms with Gasteiger partial charge >= 0.3 is 6.61 Å². The van der Waals surface area contributed by atoms with Crippen LogP contribution in [0.15, 0.2) is 46.6 Å². The minimum Gasteiger partial charge on any atom is -0.435 e. The Labute approximate surface area is 112 Å². The number of halogens is 2. The van der Waals surface area contributed by atoms with E-state index in [1.54, 1.807) is 0 Å². The summed E-state index contributed by atoms with van der Waals surface area (Å²) in [5.74, 6) is -1.02. The summed E-state index contributed by atoms with van der Waals surface area (Å²) in [6, 6.07) is 4.52. The fourth-order valence-electron chi connectivity index (χ4n) is 1.44. The Bertz CT molecular complexity index is 554. The van der Waals surface area contributed by atoms with Crippen molar-refractivity contribution in [2.24, 2.45) is 10.2 Å². The maximum Gasteiger partial charge on any atom is 0.387 e. The van der Waals surface area contributed by atoms with E-state index in [0.717, 1.165) is 6.08 Å². The highest BCUT2D eigenvalue weighted by Crippen LogP contribution is 2.18. The number of hydrogen-bond acceptors (Lipinski definition) is 4. The lowest BCUT2D eigenvalue weighted by Crippen LogP contribution is -2.25. The van der Waals surface area contributed by atoms with Gasteiger partial charge < -0.3 is 10.1 Å². The highest BCUT2D eigenvalue weighted by molar-refractivity contribution is 5.98. The molecule has 2 rings (SSSR count). The maximum atomic E-state index is 12.0. The highest BCUT2D eigenvalue weighted by Gasteiger charge is 2.18. The molecular weight excluding hydrogens is 272 g/mol. The highest BCUT2D eigenvalue weighted by atomic mass is 19.3. The Morgan fingerprint density at radius 3 is 2.55 bits per heavy atom. The molecule has 1 aliphatic heterocycles. The second kappa shape index (κ2) is 6.00. The van der Waals surface area contributed by atoms with E-state index >= 15 is 0 Å². The molecule has 1 N–H and O–H groups in total. The molecule has 0 saturated heterocycles. The van der Waals surface area contributed by atoms with Crippen LogP contribution < -0.4 is 10.1 Å². The van der Waals surface area contributed by atoms with Gasteiger partial charge in [0.05, 0.1) is 0 Å². The number of rotatable bonds is 4. The van der Waals surface area contributed by atoms with E-state index in [0.29, 0.717) is 5.69 Å². The van der Waals surface area contributed by atoms with E-state index in [9.17, 15) is 18.4 Å². The number of carbonyl (C=O) groups excluding carboxylic acids is 2. The minimum atomic E-state index is -2.90. The van der Waals surface area contributed by atoms with Crippen LogP contribution in [0.4, 0.5) is 14.5 Å². The second-order valence-electron chi connectivity index (χ2n) is 3.75. The van der Waals surface area contributed by atoms with E-state index < -0.39 is 24.5 Å². The third kappa shape index (κ3) is 3.67. The zero-order valence-corrected chi connectivity index (χ0v) is 9.99. The molecule has 1 aliphatic rings. The van der Waals surface area contributed by atoms with Crippen molar-refractivity contribution in [2.75, 3.05) is 5.32 Å². The topological polar surface area (TPSA) is 80.1 Å². The van der Waals surface area contributed by atoms with E-state index in [4.69, 9.17) is 0 Å². The number of benzene rings is 1. The van der Waals surface area contributed by atoms with Gasteiger partial charge in [-0.05, 0) is 30.3 Å². The summed E-state index contributed by atoms with van der Waals surface area (Å²) in [6.07, 6.45) is 2.47. The number of hydrogen-bond donors (Lipinski definition) is 1. The Kier molecular flexibility index (Phi) is 4.14. The monoisotopic (exact) mass is 281 g/mol. The second-order valence-corrected chi connectivity index (χ2v) is 3.75. The number of anilines is 1. The quantitative estimate of drug-likeness (QED) is 0.918. The van der Waals surface area contributed by atoms with Crippen molar-refractivity contribution >= 4 is 17.5 Å². The maximum absolute atomic E-state index is 12.0. The number of ether oxygens (including phenoxy) is 1. The summed E-state index contributed by atoms with van der Waals surface area (Å²) in [5.41, 5.74) is 0.386. The van der Waals surface area contributed by atoms with Gasteiger partial charge in [0.1, 0.15) is 5.75 Å². The molecule has 0 spiro atoms. The Balaban J connectivity index is 1.96. The largest absolute Gasteiger partial charge is 0.435 e. The first kappa shape index (κ1) is 13.8. The van der Waals surface area contributed by atoms with Crippen LogP contribution >= 0.6 is 0 Å². The third-order valence-electron chi connectivity index (χ3n) is 2.32. The summed E-state index contributed by atoms with van der Waals surface area (Å²) in [7, 11) is 0. The first-order valence-corrected chi connectivity index (χ1v) is 5.53. The molecule has 1 aromatic carbocycles. The number of alkyl halides is 2. The van der Waals surface area contributed by atoms with Gasteiger partial charge in [-0.15, -0.1) is 5.11 Å². The lowest BCUT2D eigenvalue weighted by atomic mass is 10.2. The Morgan fingerprint density at radius 2 is 2.00 bits per heavy atom. The number of carbonyl (C=O) groups is 2. The van der Waals surface area contributed by atoms with Crippen LogP contribution in [0, 0.1) is 0 Å². The molecule has 6 nitrogen and oxygen atoms in total. The average molecular weight is 281 g/mol. The van der Waals surface area contributed by atoms with Crippen molar-refractivity contribution in [3.05, 3.63) is 36.4 Å². The van der Waals surface area contributed by atoms with E-state index in [1.807, 2.05) is 0 Å². The van der Waals surface area contributed by atoms with Gasteiger partial charge in [-0.2, -0.15) is 13.9 Å². The van der Waals surface area contributed by atoms with Gasteiger partial charge in [-0.3, -0.25) is 9.59 Å². The van der Waals surface area contributed by atoms with Gasteiger partial charge in [0.2, 0.25) is 0 Å².